The highest BCUT2D eigenvalue weighted by Crippen LogP contribution is 2.45. The van der Waals surface area contributed by atoms with Crippen LogP contribution in [-0.2, 0) is 48.0 Å². The summed E-state index contributed by atoms with van der Waals surface area (Å²) >= 11 is 0. The van der Waals surface area contributed by atoms with Crippen LogP contribution in [0.25, 0.3) is 0 Å². The Labute approximate surface area is 831 Å². The van der Waals surface area contributed by atoms with Crippen LogP contribution < -0.4 is 44.2 Å². The summed E-state index contributed by atoms with van der Waals surface area (Å²) in [4.78, 5) is 29.7. The third kappa shape index (κ3) is 37.1. The van der Waals surface area contributed by atoms with Crippen molar-refractivity contribution in [3.05, 3.63) is 192 Å². The molecular formula is C104H148F21N15O3. The molecule has 39 heteroatoms. The summed E-state index contributed by atoms with van der Waals surface area (Å²) in [7, 11) is 24.5. The molecule has 13 rings (SSSR count). The molecule has 0 unspecified atom stereocenters. The van der Waals surface area contributed by atoms with Crippen LogP contribution in [0, 0.1) is 69.2 Å². The molecule has 0 saturated carbocycles. The predicted molar refractivity (Wildman–Crippen MR) is 533 cm³/mol. The fourth-order valence-electron chi connectivity index (χ4n) is 17.7. The van der Waals surface area contributed by atoms with E-state index in [1.54, 1.807) is 55.6 Å². The fraction of sp³-hybridized carbons (Fsp3) is 0.596. The molecule has 804 valence electrons. The molecule has 6 saturated heterocycles. The van der Waals surface area contributed by atoms with Gasteiger partial charge in [-0.1, -0.05) is 0 Å². The molecule has 0 atom stereocenters. The van der Waals surface area contributed by atoms with Crippen LogP contribution in [0.3, 0.4) is 0 Å². The van der Waals surface area contributed by atoms with E-state index in [0.29, 0.717) is 129 Å². The summed E-state index contributed by atoms with van der Waals surface area (Å²) in [6, 6.07) is 21.7. The lowest BCUT2D eigenvalue weighted by atomic mass is 10.0. The van der Waals surface area contributed by atoms with Crippen LogP contribution in [0.4, 0.5) is 132 Å². The molecule has 1 N–H and O–H groups in total. The molecule has 0 bridgehead atoms. The van der Waals surface area contributed by atoms with Gasteiger partial charge in [0.2, 0.25) is 0 Å². The van der Waals surface area contributed by atoms with Gasteiger partial charge in [-0.3, -0.25) is 9.80 Å². The second-order valence-corrected chi connectivity index (χ2v) is 38.7. The Balaban J connectivity index is 0.000000227. The first kappa shape index (κ1) is 121. The molecule has 0 aromatic heterocycles. The van der Waals surface area contributed by atoms with E-state index < -0.39 is 82.2 Å². The fourth-order valence-corrected chi connectivity index (χ4v) is 17.7. The standard InChI is InChI=1S/C18H26F3N3.C16H23F3N2O.C15H21F3N2O.C14H19F3N2O.C14H19F3N2.C14H21F3N2.C13H19F3N2/c1-14-11-15(18(19,20)21)13-17(12-14)23-5-3-16(4-6-23)24-9-7-22(2)8-10-24;1-11-9-12(16(17,18)19)10-14(15(11)22-4)21-7-5-13(6-8-21)20(2)3;1-12-9-13(15(16,17)18)11-14(10-12)20-5-3-19(4-6-20)7-8-21-2;1-10-8-11(14(15,16)17)9-12(13(10)20-3)19-6-4-18(2)5-7-19;1-10-8-12(14(15,16)17)9-13(11(10)2)19-6-4-18(3)5-7-19;1-10-8-12(14(15,16)17)9-13(11(10)2)19(5)7-6-18(3)4;1-9-7-11(13(14,15)16)8-12(10(9)2)17-5-6-18(3)4/h11-13,16H,3-10H2,1-2H3;9-10,13H,5-8H2,1-4H3;9-11H,3-8H2,1-2H3;8-9H,4-7H2,1-3H3;8-9H,4-7H2,1-3H3;8-9H,6-7H2,1-5H3;7-8,17H,5-6H2,1-4H3. The third-order valence-corrected chi connectivity index (χ3v) is 26.9. The summed E-state index contributed by atoms with van der Waals surface area (Å²) in [6.45, 7) is 39.0. The van der Waals surface area contributed by atoms with E-state index in [0.717, 1.165) is 198 Å². The van der Waals surface area contributed by atoms with Gasteiger partial charge in [-0.15, -0.1) is 0 Å². The van der Waals surface area contributed by atoms with E-state index >= 15 is 0 Å². The second kappa shape index (κ2) is 53.0. The smallest absolute Gasteiger partial charge is 0.416 e. The summed E-state index contributed by atoms with van der Waals surface area (Å²) < 4.78 is 287. The van der Waals surface area contributed by atoms with Crippen LogP contribution in [0.1, 0.15) is 120 Å². The normalized spacial score (nSPS) is 16.8. The number of anilines is 7. The van der Waals surface area contributed by atoms with Crippen molar-refractivity contribution in [3.63, 3.8) is 0 Å². The molecule has 6 aliphatic heterocycles. The van der Waals surface area contributed by atoms with Crippen molar-refractivity contribution in [2.24, 2.45) is 0 Å². The maximum absolute atomic E-state index is 13.1. The SMILES string of the molecule is COCCN1CCN(c2cc(C)cc(C(F)(F)F)c2)CC1.COc1c(C)cc(C(F)(F)F)cc1N1CCC(N(C)C)CC1.COc1c(C)cc(C(F)(F)F)cc1N1CCN(C)CC1.Cc1cc(C(F)(F)F)cc(N(C)CCN(C)C)c1C.Cc1cc(C(F)(F)F)cc(N2CCN(C)CC2)c1C.Cc1cc(C(F)(F)F)cc(NCCN(C)C)c1C.Cc1cc(N2CCC(N3CCN(C)CC3)CC2)cc(C(F)(F)F)c1. The number of likely N-dealkylation sites (N-methyl/N-ethyl adjacent to an activating group) is 6. The van der Waals surface area contributed by atoms with Crippen molar-refractivity contribution in [2.75, 3.05) is 297 Å². The number of methoxy groups -OCH3 is 3. The first-order valence-electron chi connectivity index (χ1n) is 48.0. The van der Waals surface area contributed by atoms with Crippen LogP contribution in [0.15, 0.2) is 97.1 Å². The van der Waals surface area contributed by atoms with Gasteiger partial charge in [0.25, 0.3) is 0 Å². The molecule has 7 aromatic carbocycles. The average molecular weight is 2060 g/mol. The lowest BCUT2D eigenvalue weighted by molar-refractivity contribution is -0.138. The molecule has 6 aliphatic rings. The molecule has 0 radical (unpaired) electrons. The number of benzene rings is 7. The molecule has 6 heterocycles. The molecule has 0 aliphatic carbocycles. The van der Waals surface area contributed by atoms with E-state index in [9.17, 15) is 92.2 Å². The van der Waals surface area contributed by atoms with Crippen molar-refractivity contribution < 1.29 is 106 Å². The van der Waals surface area contributed by atoms with E-state index in [4.69, 9.17) is 14.2 Å². The van der Waals surface area contributed by atoms with Crippen molar-refractivity contribution >= 4 is 39.8 Å². The zero-order chi connectivity index (χ0) is 107. The van der Waals surface area contributed by atoms with Crippen molar-refractivity contribution in [3.8, 4) is 11.5 Å². The van der Waals surface area contributed by atoms with E-state index in [1.165, 1.54) is 87.0 Å². The number of aryl methyl sites for hydroxylation is 7. The quantitative estimate of drug-likeness (QED) is 0.0734. The minimum absolute atomic E-state index is 0.481. The zero-order valence-corrected chi connectivity index (χ0v) is 87.0. The average Bonchev–Trinajstić information content (AvgIpc) is 0.784. The Morgan fingerprint density at radius 3 is 1.03 bits per heavy atom. The summed E-state index contributed by atoms with van der Waals surface area (Å²) in [5.74, 6) is 1.07. The largest absolute Gasteiger partial charge is 0.494 e. The third-order valence-electron chi connectivity index (χ3n) is 26.9. The topological polar surface area (TPSA) is 85.1 Å². The number of alkyl halides is 21. The number of piperidine rings is 2. The first-order valence-corrected chi connectivity index (χ1v) is 48.0. The van der Waals surface area contributed by atoms with Gasteiger partial charge in [0.05, 0.1) is 71.1 Å². The van der Waals surface area contributed by atoms with Crippen molar-refractivity contribution in [2.45, 2.75) is 150 Å². The maximum atomic E-state index is 13.1. The van der Waals surface area contributed by atoms with E-state index in [-0.39, 0.29) is 0 Å². The lowest BCUT2D eigenvalue weighted by Gasteiger charge is -2.42. The van der Waals surface area contributed by atoms with Crippen LogP contribution in [0.2, 0.25) is 0 Å². The van der Waals surface area contributed by atoms with Gasteiger partial charge in [-0.25, -0.2) is 0 Å². The molecule has 6 fully saturated rings. The first-order chi connectivity index (χ1) is 66.4. The van der Waals surface area contributed by atoms with Crippen LogP contribution in [0.5, 0.6) is 11.5 Å². The highest BCUT2D eigenvalue weighted by Gasteiger charge is 2.40. The number of nitrogens with zero attached hydrogens (tertiary/aromatic N) is 14. The lowest BCUT2D eigenvalue weighted by Crippen LogP contribution is -2.52. The second-order valence-electron chi connectivity index (χ2n) is 38.7. The van der Waals surface area contributed by atoms with Gasteiger partial charge in [0.15, 0.2) is 0 Å². The van der Waals surface area contributed by atoms with Gasteiger partial charge in [0.1, 0.15) is 11.5 Å². The zero-order valence-electron chi connectivity index (χ0n) is 87.0. The van der Waals surface area contributed by atoms with Crippen molar-refractivity contribution in [1.82, 2.24) is 39.2 Å². The minimum Gasteiger partial charge on any atom is -0.494 e. The Kier molecular flexibility index (Phi) is 44.8. The predicted octanol–water partition coefficient (Wildman–Crippen LogP) is 22.0. The number of rotatable bonds is 20. The molecule has 0 amide bonds. The van der Waals surface area contributed by atoms with Crippen LogP contribution in [-0.4, -0.2) is 313 Å². The van der Waals surface area contributed by atoms with Gasteiger partial charge in [-0.05, 0) is 311 Å². The number of ether oxygens (including phenoxy) is 3. The number of hydrogen-bond donors (Lipinski definition) is 1. The highest BCUT2D eigenvalue weighted by atomic mass is 19.4. The Morgan fingerprint density at radius 1 is 0.322 bits per heavy atom. The van der Waals surface area contributed by atoms with Gasteiger partial charge in [-0.2, -0.15) is 92.2 Å². The number of halogens is 21. The van der Waals surface area contributed by atoms with Crippen molar-refractivity contribution in [1.29, 1.82) is 0 Å². The summed E-state index contributed by atoms with van der Waals surface area (Å²) in [5, 5.41) is 3.06. The number of piperazine rings is 4. The van der Waals surface area contributed by atoms with Crippen LogP contribution >= 0.6 is 0 Å². The Hall–Kier alpha value is -9.09. The van der Waals surface area contributed by atoms with E-state index in [2.05, 4.69) is 51.6 Å². The number of hydrogen-bond acceptors (Lipinski definition) is 18. The number of nitrogens with one attached hydrogen (secondary N) is 1. The Morgan fingerprint density at radius 2 is 0.650 bits per heavy atom. The van der Waals surface area contributed by atoms with E-state index in [1.807, 2.05) is 126 Å². The van der Waals surface area contributed by atoms with Gasteiger partial charge < -0.3 is 78.3 Å². The molecule has 18 nitrogen and oxygen atoms in total. The molecule has 143 heavy (non-hydrogen) atoms. The summed E-state index contributed by atoms with van der Waals surface area (Å²) in [6.07, 6.45) is -26.2. The molecular weight excluding hydrogens is 1910 g/mol. The monoisotopic (exact) mass is 2050 g/mol. The Bertz CT molecular complexity index is 5090. The minimum atomic E-state index is -4.34. The summed E-state index contributed by atoms with van der Waals surface area (Å²) in [5.41, 5.74) is 7.35. The maximum Gasteiger partial charge on any atom is 0.416 e. The molecule has 0 spiro atoms. The van der Waals surface area contributed by atoms with Gasteiger partial charge >= 0.3 is 43.2 Å². The molecule has 7 aromatic rings. The van der Waals surface area contributed by atoms with Gasteiger partial charge in [0, 0.05) is 218 Å². The highest BCUT2D eigenvalue weighted by molar-refractivity contribution is 5.67.